The van der Waals surface area contributed by atoms with Gasteiger partial charge in [-0.25, -0.2) is 4.79 Å². The Hall–Kier alpha value is -1.93. The minimum absolute atomic E-state index is 0.0667. The number of rotatable bonds is 4. The van der Waals surface area contributed by atoms with Crippen LogP contribution in [-0.2, 0) is 11.3 Å². The van der Waals surface area contributed by atoms with Crippen molar-refractivity contribution in [2.24, 2.45) is 0 Å². The molecular formula is C15H19NO6. The van der Waals surface area contributed by atoms with Crippen molar-refractivity contribution in [2.75, 3.05) is 6.61 Å². The first kappa shape index (κ1) is 16.4. The van der Waals surface area contributed by atoms with Crippen LogP contribution in [0.15, 0.2) is 42.0 Å². The zero-order valence-corrected chi connectivity index (χ0v) is 11.8. The molecule has 2 rings (SSSR count). The predicted octanol–water partition coefficient (Wildman–Crippen LogP) is -0.704. The van der Waals surface area contributed by atoms with Crippen LogP contribution in [0.5, 0.6) is 0 Å². The average Bonchev–Trinajstić information content (AvgIpc) is 2.54. The molecule has 120 valence electrons. The molecule has 5 N–H and O–H groups in total. The first-order valence-corrected chi connectivity index (χ1v) is 6.85. The van der Waals surface area contributed by atoms with E-state index < -0.39 is 37.1 Å². The highest BCUT2D eigenvalue weighted by molar-refractivity contribution is 5.68. The number of amides is 1. The molecule has 0 aliphatic heterocycles. The molecule has 1 aliphatic carbocycles. The van der Waals surface area contributed by atoms with E-state index in [-0.39, 0.29) is 12.2 Å². The van der Waals surface area contributed by atoms with E-state index in [0.717, 1.165) is 5.56 Å². The summed E-state index contributed by atoms with van der Waals surface area (Å²) in [5.41, 5.74) is 0.940. The van der Waals surface area contributed by atoms with Gasteiger partial charge in [-0.1, -0.05) is 36.4 Å². The molecule has 7 heteroatoms. The van der Waals surface area contributed by atoms with Crippen molar-refractivity contribution in [3.63, 3.8) is 0 Å². The lowest BCUT2D eigenvalue weighted by Gasteiger charge is -2.34. The zero-order chi connectivity index (χ0) is 16.1. The van der Waals surface area contributed by atoms with E-state index in [1.54, 1.807) is 12.1 Å². The summed E-state index contributed by atoms with van der Waals surface area (Å²) >= 11 is 0. The van der Waals surface area contributed by atoms with Crippen molar-refractivity contribution in [1.82, 2.24) is 5.32 Å². The number of nitrogens with one attached hydrogen (secondary N) is 1. The normalized spacial score (nSPS) is 27.9. The molecule has 1 aromatic rings. The SMILES string of the molecule is O=C(N[C@H]1C=C(CO)[C@@H](O)C(O)[C@H]1O)OCc1ccccc1. The minimum atomic E-state index is -1.49. The van der Waals surface area contributed by atoms with Gasteiger partial charge in [-0.2, -0.15) is 0 Å². The first-order valence-electron chi connectivity index (χ1n) is 6.85. The maximum Gasteiger partial charge on any atom is 0.408 e. The highest BCUT2D eigenvalue weighted by Crippen LogP contribution is 2.20. The summed E-state index contributed by atoms with van der Waals surface area (Å²) in [5.74, 6) is 0. The molecule has 1 amide bonds. The summed E-state index contributed by atoms with van der Waals surface area (Å²) in [4.78, 5) is 11.7. The highest BCUT2D eigenvalue weighted by Gasteiger charge is 2.37. The molecule has 0 bridgehead atoms. The van der Waals surface area contributed by atoms with Gasteiger partial charge in [-0.3, -0.25) is 0 Å². The molecule has 4 atom stereocenters. The second-order valence-corrected chi connectivity index (χ2v) is 5.06. The molecule has 1 aliphatic rings. The van der Waals surface area contributed by atoms with Crippen LogP contribution in [0.4, 0.5) is 4.79 Å². The zero-order valence-electron chi connectivity index (χ0n) is 11.8. The van der Waals surface area contributed by atoms with E-state index in [0.29, 0.717) is 0 Å². The molecule has 0 fully saturated rings. The van der Waals surface area contributed by atoms with E-state index in [1.165, 1.54) is 6.08 Å². The van der Waals surface area contributed by atoms with Gasteiger partial charge in [0.05, 0.1) is 12.6 Å². The van der Waals surface area contributed by atoms with Gasteiger partial charge in [-0.15, -0.1) is 0 Å². The summed E-state index contributed by atoms with van der Waals surface area (Å²) < 4.78 is 5.01. The maximum absolute atomic E-state index is 11.7. The second-order valence-electron chi connectivity index (χ2n) is 5.06. The van der Waals surface area contributed by atoms with Crippen molar-refractivity contribution in [2.45, 2.75) is 31.0 Å². The van der Waals surface area contributed by atoms with E-state index in [9.17, 15) is 20.1 Å². The molecule has 1 unspecified atom stereocenters. The number of alkyl carbamates (subject to hydrolysis) is 1. The van der Waals surface area contributed by atoms with Crippen molar-refractivity contribution in [3.05, 3.63) is 47.5 Å². The van der Waals surface area contributed by atoms with Gasteiger partial charge >= 0.3 is 6.09 Å². The van der Waals surface area contributed by atoms with Gasteiger partial charge in [0, 0.05) is 0 Å². The van der Waals surface area contributed by atoms with Gasteiger partial charge in [-0.05, 0) is 11.1 Å². The Kier molecular flexibility index (Phi) is 5.51. The Morgan fingerprint density at radius 2 is 1.82 bits per heavy atom. The molecule has 1 aromatic carbocycles. The summed E-state index contributed by atoms with van der Waals surface area (Å²) in [6.07, 6.45) is -3.71. The number of ether oxygens (including phenoxy) is 1. The number of carbonyl (C=O) groups excluding carboxylic acids is 1. The third-order valence-corrected chi connectivity index (χ3v) is 3.49. The molecule has 0 aromatic heterocycles. The van der Waals surface area contributed by atoms with Gasteiger partial charge in [0.1, 0.15) is 24.9 Å². The van der Waals surface area contributed by atoms with E-state index in [4.69, 9.17) is 9.84 Å². The van der Waals surface area contributed by atoms with Crippen LogP contribution in [0, 0.1) is 0 Å². The molecule has 0 spiro atoms. The predicted molar refractivity (Wildman–Crippen MR) is 76.7 cm³/mol. The van der Waals surface area contributed by atoms with Crippen LogP contribution >= 0.6 is 0 Å². The van der Waals surface area contributed by atoms with Crippen molar-refractivity contribution >= 4 is 6.09 Å². The Labute approximate surface area is 127 Å². The van der Waals surface area contributed by atoms with Gasteiger partial charge < -0.3 is 30.5 Å². The highest BCUT2D eigenvalue weighted by atomic mass is 16.5. The second kappa shape index (κ2) is 7.37. The molecule has 0 heterocycles. The number of benzene rings is 1. The van der Waals surface area contributed by atoms with Crippen LogP contribution in [0.1, 0.15) is 5.56 Å². The fourth-order valence-corrected chi connectivity index (χ4v) is 2.22. The largest absolute Gasteiger partial charge is 0.445 e. The van der Waals surface area contributed by atoms with Gasteiger partial charge in [0.15, 0.2) is 0 Å². The molecule has 7 nitrogen and oxygen atoms in total. The van der Waals surface area contributed by atoms with Gasteiger partial charge in [0.25, 0.3) is 0 Å². The molecular weight excluding hydrogens is 290 g/mol. The molecule has 0 radical (unpaired) electrons. The van der Waals surface area contributed by atoms with E-state index >= 15 is 0 Å². The van der Waals surface area contributed by atoms with Crippen LogP contribution in [0.3, 0.4) is 0 Å². The monoisotopic (exact) mass is 309 g/mol. The molecule has 0 saturated carbocycles. The standard InChI is InChI=1S/C15H19NO6/c17-7-10-6-11(13(19)14(20)12(10)18)16-15(21)22-8-9-4-2-1-3-5-9/h1-6,11-14,17-20H,7-8H2,(H,16,21)/t11-,12+,13-,14?/m0/s1. The van der Waals surface area contributed by atoms with E-state index in [1.807, 2.05) is 18.2 Å². The average molecular weight is 309 g/mol. The summed E-state index contributed by atoms with van der Waals surface area (Å²) in [6.45, 7) is -0.417. The van der Waals surface area contributed by atoms with Crippen LogP contribution < -0.4 is 5.32 Å². The van der Waals surface area contributed by atoms with Crippen LogP contribution in [0.25, 0.3) is 0 Å². The van der Waals surface area contributed by atoms with Gasteiger partial charge in [0.2, 0.25) is 0 Å². The Morgan fingerprint density at radius 1 is 1.14 bits per heavy atom. The van der Waals surface area contributed by atoms with Crippen molar-refractivity contribution in [1.29, 1.82) is 0 Å². The number of carbonyl (C=O) groups is 1. The third-order valence-electron chi connectivity index (χ3n) is 3.49. The summed E-state index contributed by atoms with van der Waals surface area (Å²) in [5, 5.41) is 40.7. The Morgan fingerprint density at radius 3 is 2.45 bits per heavy atom. The Balaban J connectivity index is 1.94. The van der Waals surface area contributed by atoms with Crippen LogP contribution in [-0.4, -0.2) is 57.5 Å². The van der Waals surface area contributed by atoms with Crippen molar-refractivity contribution in [3.8, 4) is 0 Å². The Bertz CT molecular complexity index is 532. The number of aliphatic hydroxyl groups excluding tert-OH is 4. The molecule has 0 saturated heterocycles. The quantitative estimate of drug-likeness (QED) is 0.469. The topological polar surface area (TPSA) is 119 Å². The van der Waals surface area contributed by atoms with E-state index in [2.05, 4.69) is 5.32 Å². The van der Waals surface area contributed by atoms with Crippen LogP contribution in [0.2, 0.25) is 0 Å². The summed E-state index contributed by atoms with van der Waals surface area (Å²) in [7, 11) is 0. The lowest BCUT2D eigenvalue weighted by atomic mass is 9.88. The first-order chi connectivity index (χ1) is 10.5. The fraction of sp³-hybridized carbons (Fsp3) is 0.400. The third kappa shape index (κ3) is 3.83. The fourth-order valence-electron chi connectivity index (χ4n) is 2.22. The van der Waals surface area contributed by atoms with Crippen molar-refractivity contribution < 1.29 is 30.0 Å². The number of hydrogen-bond donors (Lipinski definition) is 5. The maximum atomic E-state index is 11.7. The minimum Gasteiger partial charge on any atom is -0.445 e. The lowest BCUT2D eigenvalue weighted by molar-refractivity contribution is -0.0637. The number of aliphatic hydroxyl groups is 4. The lowest BCUT2D eigenvalue weighted by Crippen LogP contribution is -2.55. The number of hydrogen-bond acceptors (Lipinski definition) is 6. The smallest absolute Gasteiger partial charge is 0.408 e. The molecule has 22 heavy (non-hydrogen) atoms. The summed E-state index contributed by atoms with van der Waals surface area (Å²) in [6, 6.07) is 8.11.